The number of hydrogen-bond acceptors (Lipinski definition) is 3. The average molecular weight is 646 g/mol. The highest BCUT2D eigenvalue weighted by atomic mass is 32.1. The van der Waals surface area contributed by atoms with E-state index in [1.165, 1.54) is 69.8 Å². The summed E-state index contributed by atoms with van der Waals surface area (Å²) in [5.41, 5.74) is 9.21. The smallest absolute Gasteiger partial charge is 0.136 e. The average Bonchev–Trinajstić information content (AvgIpc) is 3.75. The molecule has 2 heterocycles. The molecule has 2 aromatic heterocycles. The number of furan rings is 1. The van der Waals surface area contributed by atoms with Crippen molar-refractivity contribution >= 4 is 75.6 Å². The summed E-state index contributed by atoms with van der Waals surface area (Å²) < 4.78 is 8.78. The van der Waals surface area contributed by atoms with Gasteiger partial charge in [0.05, 0.1) is 10.4 Å². The molecule has 1 unspecified atom stereocenters. The molecule has 49 heavy (non-hydrogen) atoms. The molecule has 0 saturated heterocycles. The van der Waals surface area contributed by atoms with Crippen molar-refractivity contribution in [2.75, 3.05) is 4.90 Å². The number of benzene rings is 7. The summed E-state index contributed by atoms with van der Waals surface area (Å²) in [4.78, 5) is 2.44. The lowest BCUT2D eigenvalue weighted by Gasteiger charge is -2.29. The van der Waals surface area contributed by atoms with Crippen molar-refractivity contribution in [3.8, 4) is 11.1 Å². The lowest BCUT2D eigenvalue weighted by molar-refractivity contribution is 0.669. The predicted octanol–water partition coefficient (Wildman–Crippen LogP) is 13.5. The van der Waals surface area contributed by atoms with E-state index in [-0.39, 0.29) is 0 Å². The highest BCUT2D eigenvalue weighted by Crippen LogP contribution is 2.45. The number of para-hydroxylation sites is 1. The minimum absolute atomic E-state index is 0.298. The highest BCUT2D eigenvalue weighted by molar-refractivity contribution is 7.26. The van der Waals surface area contributed by atoms with Gasteiger partial charge < -0.3 is 9.32 Å². The Hall–Kier alpha value is -5.90. The van der Waals surface area contributed by atoms with Gasteiger partial charge in [-0.25, -0.2) is 0 Å². The third-order valence-corrected chi connectivity index (χ3v) is 11.2. The maximum Gasteiger partial charge on any atom is 0.136 e. The Balaban J connectivity index is 1.04. The first-order valence-corrected chi connectivity index (χ1v) is 17.7. The summed E-state index contributed by atoms with van der Waals surface area (Å²) in [7, 11) is 0. The number of nitrogens with zero attached hydrogens (tertiary/aromatic N) is 1. The summed E-state index contributed by atoms with van der Waals surface area (Å²) in [5.74, 6) is 0.298. The van der Waals surface area contributed by atoms with Gasteiger partial charge >= 0.3 is 0 Å². The van der Waals surface area contributed by atoms with Crippen LogP contribution >= 0.6 is 11.3 Å². The molecule has 2 nitrogen and oxygen atoms in total. The summed E-state index contributed by atoms with van der Waals surface area (Å²) >= 11 is 1.88. The van der Waals surface area contributed by atoms with Crippen molar-refractivity contribution in [3.05, 3.63) is 181 Å². The Bertz CT molecular complexity index is 2750. The summed E-state index contributed by atoms with van der Waals surface area (Å²) in [6.07, 6.45) is 8.05. The SMILES string of the molecule is C1=CC(c2ccc3c(ccc4oc5ccccc5c43)c2)CC=C1N(c1ccc(-c2ccccc2)cc1)c1cccc2c1sc1ccccc12. The Morgan fingerprint density at radius 3 is 2.22 bits per heavy atom. The monoisotopic (exact) mass is 645 g/mol. The fourth-order valence-electron chi connectivity index (χ4n) is 7.59. The van der Waals surface area contributed by atoms with E-state index in [0.717, 1.165) is 23.3 Å². The first-order valence-electron chi connectivity index (χ1n) is 16.9. The Kier molecular flexibility index (Phi) is 6.53. The molecule has 0 radical (unpaired) electrons. The molecule has 1 aliphatic carbocycles. The molecule has 0 amide bonds. The Labute approximate surface area is 288 Å². The number of thiophene rings is 1. The zero-order valence-corrected chi connectivity index (χ0v) is 27.5. The highest BCUT2D eigenvalue weighted by Gasteiger charge is 2.22. The van der Waals surface area contributed by atoms with E-state index in [1.54, 1.807) is 0 Å². The Morgan fingerprint density at radius 2 is 1.37 bits per heavy atom. The van der Waals surface area contributed by atoms with Crippen LogP contribution in [0, 0.1) is 0 Å². The van der Waals surface area contributed by atoms with Gasteiger partial charge in [0.15, 0.2) is 0 Å². The summed E-state index contributed by atoms with van der Waals surface area (Å²) in [6, 6.07) is 54.7. The van der Waals surface area contributed by atoms with Gasteiger partial charge in [-0.15, -0.1) is 11.3 Å². The van der Waals surface area contributed by atoms with Crippen molar-refractivity contribution in [2.45, 2.75) is 12.3 Å². The second-order valence-corrected chi connectivity index (χ2v) is 13.9. The topological polar surface area (TPSA) is 16.4 Å². The quantitative estimate of drug-likeness (QED) is 0.185. The molecule has 3 heteroatoms. The van der Waals surface area contributed by atoms with E-state index in [2.05, 4.69) is 169 Å². The van der Waals surface area contributed by atoms with Crippen molar-refractivity contribution in [3.63, 3.8) is 0 Å². The first-order chi connectivity index (χ1) is 24.3. The number of anilines is 2. The van der Waals surface area contributed by atoms with Crippen LogP contribution in [0.25, 0.3) is 64.0 Å². The van der Waals surface area contributed by atoms with Crippen molar-refractivity contribution < 1.29 is 4.42 Å². The molecular formula is C46H31NOS. The molecule has 10 rings (SSSR count). The zero-order chi connectivity index (χ0) is 32.3. The van der Waals surface area contributed by atoms with E-state index in [9.17, 15) is 0 Å². The van der Waals surface area contributed by atoms with Gasteiger partial charge in [0.25, 0.3) is 0 Å². The van der Waals surface area contributed by atoms with Crippen LogP contribution in [-0.2, 0) is 0 Å². The molecule has 0 bridgehead atoms. The van der Waals surface area contributed by atoms with Gasteiger partial charge in [0.1, 0.15) is 11.2 Å². The molecule has 9 aromatic rings. The molecular weight excluding hydrogens is 615 g/mol. The Morgan fingerprint density at radius 1 is 0.592 bits per heavy atom. The predicted molar refractivity (Wildman–Crippen MR) is 209 cm³/mol. The molecule has 1 aliphatic rings. The largest absolute Gasteiger partial charge is 0.456 e. The van der Waals surface area contributed by atoms with E-state index in [1.807, 2.05) is 17.4 Å². The lowest BCUT2D eigenvalue weighted by Crippen LogP contribution is -2.17. The molecule has 0 saturated carbocycles. The maximum atomic E-state index is 6.16. The second-order valence-electron chi connectivity index (χ2n) is 12.8. The van der Waals surface area contributed by atoms with Gasteiger partial charge in [-0.3, -0.25) is 0 Å². The number of rotatable bonds is 5. The van der Waals surface area contributed by atoms with Crippen LogP contribution in [0.1, 0.15) is 17.9 Å². The fourth-order valence-corrected chi connectivity index (χ4v) is 8.80. The number of hydrogen-bond donors (Lipinski definition) is 0. The van der Waals surface area contributed by atoms with Crippen molar-refractivity contribution in [1.82, 2.24) is 0 Å². The number of allylic oxidation sites excluding steroid dienone is 3. The van der Waals surface area contributed by atoms with Crippen LogP contribution in [0.5, 0.6) is 0 Å². The minimum atomic E-state index is 0.298. The third-order valence-electron chi connectivity index (χ3n) is 10.0. The van der Waals surface area contributed by atoms with Crippen LogP contribution in [0.4, 0.5) is 11.4 Å². The van der Waals surface area contributed by atoms with E-state index in [4.69, 9.17) is 4.42 Å². The molecule has 0 fully saturated rings. The maximum absolute atomic E-state index is 6.16. The van der Waals surface area contributed by atoms with Crippen LogP contribution in [-0.4, -0.2) is 0 Å². The summed E-state index contributed by atoms with van der Waals surface area (Å²) in [6.45, 7) is 0. The molecule has 1 atom stereocenters. The number of fused-ring (bicyclic) bond motifs is 8. The van der Waals surface area contributed by atoms with E-state index >= 15 is 0 Å². The van der Waals surface area contributed by atoms with Crippen LogP contribution < -0.4 is 4.90 Å². The van der Waals surface area contributed by atoms with Gasteiger partial charge in [0.2, 0.25) is 0 Å². The zero-order valence-electron chi connectivity index (χ0n) is 26.7. The van der Waals surface area contributed by atoms with Crippen LogP contribution in [0.15, 0.2) is 180 Å². The molecule has 232 valence electrons. The second kappa shape index (κ2) is 11.4. The van der Waals surface area contributed by atoms with Crippen LogP contribution in [0.3, 0.4) is 0 Å². The third kappa shape index (κ3) is 4.69. The first kappa shape index (κ1) is 28.1. The summed E-state index contributed by atoms with van der Waals surface area (Å²) in [5, 5.41) is 7.48. The van der Waals surface area contributed by atoms with Crippen LogP contribution in [0.2, 0.25) is 0 Å². The normalized spacial score (nSPS) is 14.7. The molecule has 7 aromatic carbocycles. The van der Waals surface area contributed by atoms with Gasteiger partial charge in [-0.2, -0.15) is 0 Å². The van der Waals surface area contributed by atoms with Gasteiger partial charge in [-0.05, 0) is 76.4 Å². The van der Waals surface area contributed by atoms with Crippen molar-refractivity contribution in [1.29, 1.82) is 0 Å². The van der Waals surface area contributed by atoms with E-state index in [0.29, 0.717) is 5.92 Å². The van der Waals surface area contributed by atoms with Crippen molar-refractivity contribution in [2.24, 2.45) is 0 Å². The van der Waals surface area contributed by atoms with Gasteiger partial charge in [0, 0.05) is 43.5 Å². The lowest BCUT2D eigenvalue weighted by atomic mass is 9.89. The fraction of sp³-hybridized carbons (Fsp3) is 0.0435. The minimum Gasteiger partial charge on any atom is -0.456 e. The molecule has 0 N–H and O–H groups in total. The standard InChI is InChI=1S/C46H31NOS/c1-2-9-30(10-3-1)31-17-23-35(24-18-31)47(41-14-8-13-39-38-11-5-7-16-44(38)49-46(39)41)36-25-19-32(20-26-36)33-21-27-37-34(29-33)22-28-43-45(37)40-12-4-6-15-42(40)48-43/h1-19,21-29,32H,20H2. The van der Waals surface area contributed by atoms with E-state index < -0.39 is 0 Å². The van der Waals surface area contributed by atoms with Gasteiger partial charge in [-0.1, -0.05) is 127 Å². The molecule has 0 aliphatic heterocycles. The molecule has 0 spiro atoms.